The van der Waals surface area contributed by atoms with Gasteiger partial charge in [-0.3, -0.25) is 4.21 Å². The molecule has 0 aliphatic rings. The van der Waals surface area contributed by atoms with Crippen LogP contribution in [0.2, 0.25) is 0 Å². The quantitative estimate of drug-likeness (QED) is 0.867. The van der Waals surface area contributed by atoms with Gasteiger partial charge in [0.25, 0.3) is 0 Å². The van der Waals surface area contributed by atoms with E-state index in [1.54, 1.807) is 18.4 Å². The van der Waals surface area contributed by atoms with E-state index in [1.165, 1.54) is 0 Å². The second-order valence-electron chi connectivity index (χ2n) is 6.42. The molecule has 6 nitrogen and oxygen atoms in total. The lowest BCUT2D eigenvalue weighted by Gasteiger charge is -2.17. The molecule has 24 heavy (non-hydrogen) atoms. The van der Waals surface area contributed by atoms with Crippen LogP contribution >= 0.6 is 0 Å². The maximum absolute atomic E-state index is 11.9. The van der Waals surface area contributed by atoms with Crippen LogP contribution in [0.15, 0.2) is 34.9 Å². The minimum Gasteiger partial charge on any atom is -0.444 e. The highest BCUT2D eigenvalue weighted by atomic mass is 32.2. The summed E-state index contributed by atoms with van der Waals surface area (Å²) in [6, 6.07) is 6.92. The first kappa shape index (κ1) is 18.2. The number of carbonyl (C=O) groups is 1. The number of urea groups is 1. The minimum absolute atomic E-state index is 0.277. The molecule has 0 aliphatic heterocycles. The van der Waals surface area contributed by atoms with Crippen molar-refractivity contribution in [2.75, 3.05) is 17.6 Å². The van der Waals surface area contributed by atoms with Crippen molar-refractivity contribution in [1.82, 2.24) is 10.3 Å². The van der Waals surface area contributed by atoms with Gasteiger partial charge in [-0.25, -0.2) is 9.78 Å². The fourth-order valence-electron chi connectivity index (χ4n) is 1.96. The summed E-state index contributed by atoms with van der Waals surface area (Å²) in [5.41, 5.74) is 2.22. The van der Waals surface area contributed by atoms with E-state index >= 15 is 0 Å². The number of hydrogen-bond acceptors (Lipinski definition) is 4. The van der Waals surface area contributed by atoms with E-state index in [4.69, 9.17) is 4.42 Å². The molecule has 1 aromatic heterocycles. The third kappa shape index (κ3) is 5.19. The molecule has 1 atom stereocenters. The Morgan fingerprint density at radius 2 is 2.08 bits per heavy atom. The van der Waals surface area contributed by atoms with Crippen LogP contribution in [-0.4, -0.2) is 32.3 Å². The number of oxazole rings is 1. The lowest BCUT2D eigenvalue weighted by molar-refractivity contribution is 0.252. The molecule has 2 N–H and O–H groups in total. The van der Waals surface area contributed by atoms with Gasteiger partial charge in [-0.2, -0.15) is 0 Å². The van der Waals surface area contributed by atoms with Gasteiger partial charge in [0.05, 0.1) is 5.69 Å². The molecule has 0 spiro atoms. The smallest absolute Gasteiger partial charge is 0.319 e. The van der Waals surface area contributed by atoms with E-state index in [9.17, 15) is 9.00 Å². The first-order valence-electron chi connectivity index (χ1n) is 7.71. The van der Waals surface area contributed by atoms with Crippen LogP contribution in [0.5, 0.6) is 0 Å². The first-order chi connectivity index (χ1) is 11.3. The molecule has 1 unspecified atom stereocenters. The van der Waals surface area contributed by atoms with Crippen LogP contribution < -0.4 is 10.6 Å². The molecule has 1 heterocycles. The molecular formula is C17H23N3O3S. The number of hydrogen-bond donors (Lipinski definition) is 2. The SMILES string of the molecule is Cc1coc(-c2cccc(NC(=O)NCCS(=O)C(C)(C)C)c2)n1. The van der Waals surface area contributed by atoms with E-state index in [2.05, 4.69) is 15.6 Å². The van der Waals surface area contributed by atoms with Gasteiger partial charge in [0.1, 0.15) is 6.26 Å². The van der Waals surface area contributed by atoms with E-state index in [-0.39, 0.29) is 10.8 Å². The van der Waals surface area contributed by atoms with Crippen LogP contribution in [-0.2, 0) is 10.8 Å². The number of rotatable bonds is 5. The van der Waals surface area contributed by atoms with Gasteiger partial charge >= 0.3 is 6.03 Å². The fourth-order valence-corrected chi connectivity index (χ4v) is 2.86. The first-order valence-corrected chi connectivity index (χ1v) is 9.03. The van der Waals surface area contributed by atoms with Gasteiger partial charge in [-0.1, -0.05) is 6.07 Å². The molecule has 0 aliphatic carbocycles. The Bertz CT molecular complexity index is 735. The van der Waals surface area contributed by atoms with E-state index in [0.29, 0.717) is 23.9 Å². The van der Waals surface area contributed by atoms with Gasteiger partial charge in [-0.15, -0.1) is 0 Å². The molecular weight excluding hydrogens is 326 g/mol. The average molecular weight is 349 g/mol. The molecule has 0 bridgehead atoms. The van der Waals surface area contributed by atoms with E-state index < -0.39 is 10.8 Å². The lowest BCUT2D eigenvalue weighted by Crippen LogP contribution is -2.35. The highest BCUT2D eigenvalue weighted by Crippen LogP contribution is 2.21. The monoisotopic (exact) mass is 349 g/mol. The van der Waals surface area contributed by atoms with Crippen molar-refractivity contribution in [2.45, 2.75) is 32.4 Å². The van der Waals surface area contributed by atoms with Crippen molar-refractivity contribution in [1.29, 1.82) is 0 Å². The molecule has 1 aromatic carbocycles. The van der Waals surface area contributed by atoms with Crippen molar-refractivity contribution in [3.8, 4) is 11.5 Å². The van der Waals surface area contributed by atoms with Crippen molar-refractivity contribution in [3.05, 3.63) is 36.2 Å². The zero-order valence-electron chi connectivity index (χ0n) is 14.4. The van der Waals surface area contributed by atoms with Crippen LogP contribution in [0.4, 0.5) is 10.5 Å². The summed E-state index contributed by atoms with van der Waals surface area (Å²) in [6.07, 6.45) is 1.58. The van der Waals surface area contributed by atoms with Gasteiger partial charge in [0, 0.05) is 39.1 Å². The Morgan fingerprint density at radius 1 is 1.33 bits per heavy atom. The second kappa shape index (κ2) is 7.61. The summed E-state index contributed by atoms with van der Waals surface area (Å²) in [5.74, 6) is 0.934. The summed E-state index contributed by atoms with van der Waals surface area (Å²) in [4.78, 5) is 16.2. The van der Waals surface area contributed by atoms with Crippen LogP contribution in [0.3, 0.4) is 0 Å². The predicted octanol–water partition coefficient (Wildman–Crippen LogP) is 3.32. The Balaban J connectivity index is 1.89. The lowest BCUT2D eigenvalue weighted by atomic mass is 10.2. The molecule has 7 heteroatoms. The zero-order chi connectivity index (χ0) is 17.7. The maximum Gasteiger partial charge on any atom is 0.319 e. The number of aromatic nitrogens is 1. The third-order valence-electron chi connectivity index (χ3n) is 3.24. The Kier molecular flexibility index (Phi) is 5.77. The molecule has 0 radical (unpaired) electrons. The van der Waals surface area contributed by atoms with Gasteiger partial charge in [-0.05, 0) is 45.9 Å². The van der Waals surface area contributed by atoms with Crippen LogP contribution in [0.1, 0.15) is 26.5 Å². The molecule has 0 fully saturated rings. The zero-order valence-corrected chi connectivity index (χ0v) is 15.2. The second-order valence-corrected chi connectivity index (χ2v) is 8.74. The molecule has 0 saturated heterocycles. The average Bonchev–Trinajstić information content (AvgIpc) is 2.93. The molecule has 0 saturated carbocycles. The number of anilines is 1. The van der Waals surface area contributed by atoms with Gasteiger partial charge in [0.15, 0.2) is 0 Å². The Labute approximate surface area is 144 Å². The van der Waals surface area contributed by atoms with Crippen molar-refractivity contribution >= 4 is 22.5 Å². The Hall–Kier alpha value is -2.15. The fraction of sp³-hybridized carbons (Fsp3) is 0.412. The van der Waals surface area contributed by atoms with E-state index in [0.717, 1.165) is 11.3 Å². The highest BCUT2D eigenvalue weighted by Gasteiger charge is 2.18. The minimum atomic E-state index is -0.990. The normalized spacial score (nSPS) is 12.7. The number of carbonyl (C=O) groups excluding carboxylic acids is 1. The Morgan fingerprint density at radius 3 is 2.71 bits per heavy atom. The maximum atomic E-state index is 11.9. The largest absolute Gasteiger partial charge is 0.444 e. The van der Waals surface area contributed by atoms with Gasteiger partial charge < -0.3 is 15.1 Å². The summed E-state index contributed by atoms with van der Waals surface area (Å²) in [5, 5.41) is 5.47. The van der Waals surface area contributed by atoms with Crippen molar-refractivity contribution in [2.24, 2.45) is 0 Å². The third-order valence-corrected chi connectivity index (χ3v) is 5.18. The molecule has 130 valence electrons. The van der Waals surface area contributed by atoms with E-state index in [1.807, 2.05) is 39.8 Å². The highest BCUT2D eigenvalue weighted by molar-refractivity contribution is 7.86. The van der Waals surface area contributed by atoms with Crippen LogP contribution in [0, 0.1) is 6.92 Å². The van der Waals surface area contributed by atoms with Crippen molar-refractivity contribution < 1.29 is 13.4 Å². The summed E-state index contributed by atoms with van der Waals surface area (Å²) in [6.45, 7) is 7.95. The summed E-state index contributed by atoms with van der Waals surface area (Å²) < 4.78 is 17.0. The van der Waals surface area contributed by atoms with Crippen molar-refractivity contribution in [3.63, 3.8) is 0 Å². The predicted molar refractivity (Wildman–Crippen MR) is 96.5 cm³/mol. The van der Waals surface area contributed by atoms with Gasteiger partial charge in [0.2, 0.25) is 5.89 Å². The molecule has 2 aromatic rings. The standard InChI is InChI=1S/C17H23N3O3S/c1-12-11-23-15(19-12)13-6-5-7-14(10-13)20-16(21)18-8-9-24(22)17(2,3)4/h5-7,10-11H,8-9H2,1-4H3,(H2,18,20,21). The summed E-state index contributed by atoms with van der Waals surface area (Å²) in [7, 11) is -0.990. The number of aryl methyl sites for hydroxylation is 1. The number of nitrogens with zero attached hydrogens (tertiary/aromatic N) is 1. The number of benzene rings is 1. The number of nitrogens with one attached hydrogen (secondary N) is 2. The summed E-state index contributed by atoms with van der Waals surface area (Å²) >= 11 is 0. The molecule has 2 amide bonds. The molecule has 2 rings (SSSR count). The number of amides is 2. The van der Waals surface area contributed by atoms with Crippen LogP contribution in [0.25, 0.3) is 11.5 Å². The topological polar surface area (TPSA) is 84.2 Å².